The quantitative estimate of drug-likeness (QED) is 0.708. The summed E-state index contributed by atoms with van der Waals surface area (Å²) in [6.07, 6.45) is 0.908. The number of carbonyl (C=O) groups excluding carboxylic acids is 1. The minimum Gasteiger partial charge on any atom is -0.376 e. The van der Waals surface area contributed by atoms with Crippen molar-refractivity contribution < 1.29 is 4.79 Å². The number of hydrogen-bond acceptors (Lipinski definition) is 3. The lowest BCUT2D eigenvalue weighted by Crippen LogP contribution is -2.43. The van der Waals surface area contributed by atoms with Crippen LogP contribution in [-0.2, 0) is 4.79 Å². The molecular formula is C16H29Cl2N3O. The summed E-state index contributed by atoms with van der Waals surface area (Å²) < 4.78 is 0. The third kappa shape index (κ3) is 7.87. The molecule has 4 nitrogen and oxygen atoms in total. The van der Waals surface area contributed by atoms with E-state index in [0.717, 1.165) is 23.2 Å². The van der Waals surface area contributed by atoms with Crippen LogP contribution in [0.1, 0.15) is 31.4 Å². The van der Waals surface area contributed by atoms with Gasteiger partial charge in [0.1, 0.15) is 0 Å². The van der Waals surface area contributed by atoms with E-state index in [1.807, 2.05) is 32.0 Å². The smallest absolute Gasteiger partial charge is 0.239 e. The van der Waals surface area contributed by atoms with Crippen LogP contribution in [0.15, 0.2) is 18.2 Å². The van der Waals surface area contributed by atoms with Crippen LogP contribution < -0.4 is 16.4 Å². The standard InChI is InChI=1S/C16H27N3O.2ClH/c1-11(2)8-14(9-17)19-15(20)10-18-16-12(3)6-5-7-13(16)4;;/h5-7,11,14,18H,8-10,17H2,1-4H3,(H,19,20);2*1H. The number of aryl methyl sites for hydroxylation is 2. The van der Waals surface area contributed by atoms with Gasteiger partial charge in [-0.05, 0) is 37.3 Å². The molecule has 1 rings (SSSR count). The van der Waals surface area contributed by atoms with E-state index in [2.05, 4.69) is 24.5 Å². The molecule has 0 aliphatic heterocycles. The van der Waals surface area contributed by atoms with Crippen LogP contribution in [0.4, 0.5) is 5.69 Å². The number of anilines is 1. The van der Waals surface area contributed by atoms with Crippen molar-refractivity contribution in [3.63, 3.8) is 0 Å². The zero-order chi connectivity index (χ0) is 15.1. The maximum Gasteiger partial charge on any atom is 0.239 e. The number of carbonyl (C=O) groups is 1. The number of hydrogen-bond donors (Lipinski definition) is 3. The van der Waals surface area contributed by atoms with Crippen molar-refractivity contribution in [2.24, 2.45) is 11.7 Å². The molecule has 4 N–H and O–H groups in total. The third-order valence-corrected chi connectivity index (χ3v) is 3.31. The molecule has 0 spiro atoms. The highest BCUT2D eigenvalue weighted by molar-refractivity contribution is 5.85. The van der Waals surface area contributed by atoms with Crippen molar-refractivity contribution in [1.82, 2.24) is 5.32 Å². The number of para-hydroxylation sites is 1. The van der Waals surface area contributed by atoms with Gasteiger partial charge in [0.2, 0.25) is 5.91 Å². The third-order valence-electron chi connectivity index (χ3n) is 3.31. The van der Waals surface area contributed by atoms with Gasteiger partial charge in [-0.3, -0.25) is 4.79 Å². The molecule has 1 aromatic carbocycles. The molecule has 128 valence electrons. The van der Waals surface area contributed by atoms with Crippen LogP contribution in [0, 0.1) is 19.8 Å². The van der Waals surface area contributed by atoms with Crippen molar-refractivity contribution in [3.8, 4) is 0 Å². The highest BCUT2D eigenvalue weighted by atomic mass is 35.5. The molecule has 1 aromatic rings. The summed E-state index contributed by atoms with van der Waals surface area (Å²) >= 11 is 0. The van der Waals surface area contributed by atoms with Crippen molar-refractivity contribution in [2.45, 2.75) is 40.2 Å². The van der Waals surface area contributed by atoms with E-state index in [1.165, 1.54) is 0 Å². The molecule has 0 heterocycles. The van der Waals surface area contributed by atoms with Crippen molar-refractivity contribution in [2.75, 3.05) is 18.4 Å². The van der Waals surface area contributed by atoms with Crippen molar-refractivity contribution >= 4 is 36.4 Å². The number of halogens is 2. The predicted molar refractivity (Wildman–Crippen MR) is 99.3 cm³/mol. The zero-order valence-corrected chi connectivity index (χ0v) is 15.4. The summed E-state index contributed by atoms with van der Waals surface area (Å²) in [6.45, 7) is 9.09. The monoisotopic (exact) mass is 349 g/mol. The summed E-state index contributed by atoms with van der Waals surface area (Å²) in [5, 5.41) is 6.19. The van der Waals surface area contributed by atoms with Crippen LogP contribution >= 0.6 is 24.8 Å². The maximum atomic E-state index is 12.0. The SMILES string of the molecule is Cc1cccc(C)c1NCC(=O)NC(CN)CC(C)C.Cl.Cl. The molecule has 22 heavy (non-hydrogen) atoms. The highest BCUT2D eigenvalue weighted by Crippen LogP contribution is 2.18. The van der Waals surface area contributed by atoms with Gasteiger partial charge in [0, 0.05) is 18.3 Å². The van der Waals surface area contributed by atoms with E-state index >= 15 is 0 Å². The second kappa shape index (κ2) is 11.6. The summed E-state index contributed by atoms with van der Waals surface area (Å²) in [4.78, 5) is 12.0. The topological polar surface area (TPSA) is 67.2 Å². The van der Waals surface area contributed by atoms with E-state index in [0.29, 0.717) is 12.5 Å². The molecule has 6 heteroatoms. The minimum atomic E-state index is -0.0104. The molecular weight excluding hydrogens is 321 g/mol. The number of rotatable bonds is 7. The van der Waals surface area contributed by atoms with Gasteiger partial charge in [-0.25, -0.2) is 0 Å². The number of nitrogens with two attached hydrogens (primary N) is 1. The Bertz CT molecular complexity index is 433. The first-order valence-electron chi connectivity index (χ1n) is 7.23. The lowest BCUT2D eigenvalue weighted by Gasteiger charge is -2.19. The second-order valence-electron chi connectivity index (χ2n) is 5.75. The van der Waals surface area contributed by atoms with Gasteiger partial charge in [0.05, 0.1) is 6.54 Å². The Morgan fingerprint density at radius 1 is 1.18 bits per heavy atom. The molecule has 0 aromatic heterocycles. The predicted octanol–water partition coefficient (Wildman–Crippen LogP) is 3.05. The molecule has 0 aliphatic rings. The summed E-state index contributed by atoms with van der Waals surface area (Å²) in [5.74, 6) is 0.513. The Kier molecular flexibility index (Phi) is 12.3. The zero-order valence-electron chi connectivity index (χ0n) is 13.8. The first kappa shape index (κ1) is 23.3. The van der Waals surface area contributed by atoms with Crippen LogP contribution in [0.25, 0.3) is 0 Å². The Morgan fingerprint density at radius 3 is 2.18 bits per heavy atom. The Labute approximate surface area is 146 Å². The second-order valence-corrected chi connectivity index (χ2v) is 5.75. The molecule has 0 fully saturated rings. The highest BCUT2D eigenvalue weighted by Gasteiger charge is 2.12. The fourth-order valence-electron chi connectivity index (χ4n) is 2.32. The first-order valence-corrected chi connectivity index (χ1v) is 7.23. The van der Waals surface area contributed by atoms with Crippen molar-refractivity contribution in [3.05, 3.63) is 29.3 Å². The molecule has 0 aliphatic carbocycles. The normalized spacial score (nSPS) is 11.2. The summed E-state index contributed by atoms with van der Waals surface area (Å²) in [7, 11) is 0. The number of nitrogens with one attached hydrogen (secondary N) is 2. The fraction of sp³-hybridized carbons (Fsp3) is 0.562. The molecule has 1 amide bonds. The molecule has 1 atom stereocenters. The van der Waals surface area contributed by atoms with Crippen LogP contribution in [0.5, 0.6) is 0 Å². The van der Waals surface area contributed by atoms with Gasteiger partial charge in [0.15, 0.2) is 0 Å². The number of amides is 1. The molecule has 1 unspecified atom stereocenters. The van der Waals surface area contributed by atoms with Crippen LogP contribution in [0.3, 0.4) is 0 Å². The number of benzene rings is 1. The van der Waals surface area contributed by atoms with E-state index in [1.54, 1.807) is 0 Å². The van der Waals surface area contributed by atoms with E-state index in [9.17, 15) is 4.79 Å². The Morgan fingerprint density at radius 2 is 1.73 bits per heavy atom. The van der Waals surface area contributed by atoms with E-state index in [-0.39, 0.29) is 43.3 Å². The molecule has 0 saturated heterocycles. The van der Waals surface area contributed by atoms with Gasteiger partial charge < -0.3 is 16.4 Å². The Hall–Kier alpha value is -0.970. The van der Waals surface area contributed by atoms with Gasteiger partial charge >= 0.3 is 0 Å². The van der Waals surface area contributed by atoms with E-state index in [4.69, 9.17) is 5.73 Å². The summed E-state index contributed by atoms with van der Waals surface area (Å²) in [5.41, 5.74) is 9.02. The van der Waals surface area contributed by atoms with Gasteiger partial charge in [-0.15, -0.1) is 24.8 Å². The maximum absolute atomic E-state index is 12.0. The van der Waals surface area contributed by atoms with E-state index < -0.39 is 0 Å². The Balaban J connectivity index is 0. The lowest BCUT2D eigenvalue weighted by molar-refractivity contribution is -0.120. The molecule has 0 bridgehead atoms. The minimum absolute atomic E-state index is 0. The van der Waals surface area contributed by atoms with Gasteiger partial charge in [-0.1, -0.05) is 32.0 Å². The van der Waals surface area contributed by atoms with Gasteiger partial charge in [-0.2, -0.15) is 0 Å². The largest absolute Gasteiger partial charge is 0.376 e. The fourth-order valence-corrected chi connectivity index (χ4v) is 2.32. The molecule has 0 radical (unpaired) electrons. The lowest BCUT2D eigenvalue weighted by atomic mass is 10.0. The average molecular weight is 350 g/mol. The van der Waals surface area contributed by atoms with Gasteiger partial charge in [0.25, 0.3) is 0 Å². The van der Waals surface area contributed by atoms with Crippen molar-refractivity contribution in [1.29, 1.82) is 0 Å². The van der Waals surface area contributed by atoms with Crippen LogP contribution in [-0.4, -0.2) is 25.0 Å². The molecule has 0 saturated carbocycles. The van der Waals surface area contributed by atoms with Crippen LogP contribution in [0.2, 0.25) is 0 Å². The first-order chi connectivity index (χ1) is 9.43. The summed E-state index contributed by atoms with van der Waals surface area (Å²) in [6, 6.07) is 6.15. The average Bonchev–Trinajstić information content (AvgIpc) is 2.36.